The van der Waals surface area contributed by atoms with Gasteiger partial charge in [-0.25, -0.2) is 0 Å². The van der Waals surface area contributed by atoms with Crippen LogP contribution < -0.4 is 0 Å². The highest BCUT2D eigenvalue weighted by molar-refractivity contribution is 5.73. The van der Waals surface area contributed by atoms with Crippen molar-refractivity contribution in [2.75, 3.05) is 0 Å². The van der Waals surface area contributed by atoms with Crippen molar-refractivity contribution in [3.63, 3.8) is 0 Å². The molecule has 3 heterocycles. The molecule has 0 aromatic carbocycles. The highest BCUT2D eigenvalue weighted by Crippen LogP contribution is 2.45. The Morgan fingerprint density at radius 2 is 1.74 bits per heavy atom. The normalized spacial score (nSPS) is 46.8. The lowest BCUT2D eigenvalue weighted by Gasteiger charge is -2.41. The average molecular weight is 541 g/mol. The monoisotopic (exact) mass is 540 g/mol. The second kappa shape index (κ2) is 11.8. The van der Waals surface area contributed by atoms with Crippen LogP contribution in [0.15, 0.2) is 11.3 Å². The SMILES string of the molecule is CCC1OC(=O)C(C)C(O[C@H]2CC(C)[C@@H](OC=O)C(C)O2)C(C)C[C@]2(C)CC(C)=C(O2)[C@H](C)[C@@H](O)[C@]1(C)O. The molecule has 12 atom stereocenters. The smallest absolute Gasteiger partial charge is 0.311 e. The second-order valence-electron chi connectivity index (χ2n) is 12.4. The third-order valence-corrected chi connectivity index (χ3v) is 8.84. The van der Waals surface area contributed by atoms with Crippen molar-refractivity contribution in [3.05, 3.63) is 11.3 Å². The fourth-order valence-electron chi connectivity index (χ4n) is 6.86. The molecule has 2 bridgehead atoms. The van der Waals surface area contributed by atoms with Gasteiger partial charge in [0.1, 0.15) is 29.2 Å². The summed E-state index contributed by atoms with van der Waals surface area (Å²) >= 11 is 0. The summed E-state index contributed by atoms with van der Waals surface area (Å²) in [5.74, 6) is -1.10. The lowest BCUT2D eigenvalue weighted by Crippen LogP contribution is -2.54. The van der Waals surface area contributed by atoms with Gasteiger partial charge in [-0.05, 0) is 59.0 Å². The fraction of sp³-hybridized carbons (Fsp3) is 0.862. The topological polar surface area (TPSA) is 121 Å². The third-order valence-electron chi connectivity index (χ3n) is 8.84. The van der Waals surface area contributed by atoms with Gasteiger partial charge in [0.15, 0.2) is 6.29 Å². The van der Waals surface area contributed by atoms with Crippen molar-refractivity contribution >= 4 is 12.4 Å². The molecule has 3 aliphatic rings. The molecule has 2 fully saturated rings. The van der Waals surface area contributed by atoms with E-state index < -0.39 is 53.6 Å². The van der Waals surface area contributed by atoms with E-state index in [1.54, 1.807) is 6.92 Å². The maximum absolute atomic E-state index is 13.5. The van der Waals surface area contributed by atoms with Crippen LogP contribution in [0.4, 0.5) is 0 Å². The van der Waals surface area contributed by atoms with Crippen molar-refractivity contribution in [1.29, 1.82) is 0 Å². The molecule has 3 rings (SSSR count). The van der Waals surface area contributed by atoms with E-state index in [1.807, 2.05) is 48.5 Å². The molecule has 0 amide bonds. The van der Waals surface area contributed by atoms with Crippen molar-refractivity contribution in [3.8, 4) is 0 Å². The minimum Gasteiger partial charge on any atom is -0.491 e. The maximum Gasteiger partial charge on any atom is 0.311 e. The van der Waals surface area contributed by atoms with Gasteiger partial charge in [-0.15, -0.1) is 0 Å². The van der Waals surface area contributed by atoms with E-state index >= 15 is 0 Å². The summed E-state index contributed by atoms with van der Waals surface area (Å²) in [6.07, 6.45) is -1.92. The molecule has 2 N–H and O–H groups in total. The van der Waals surface area contributed by atoms with Gasteiger partial charge in [-0.1, -0.05) is 27.7 Å². The van der Waals surface area contributed by atoms with Crippen LogP contribution in [-0.2, 0) is 33.3 Å². The van der Waals surface area contributed by atoms with Crippen molar-refractivity contribution in [2.24, 2.45) is 23.7 Å². The second-order valence-corrected chi connectivity index (χ2v) is 12.4. The molecule has 0 aromatic rings. The van der Waals surface area contributed by atoms with Crippen molar-refractivity contribution in [1.82, 2.24) is 0 Å². The van der Waals surface area contributed by atoms with Gasteiger partial charge in [0.25, 0.3) is 6.47 Å². The fourth-order valence-corrected chi connectivity index (χ4v) is 6.86. The number of carbonyl (C=O) groups excluding carboxylic acids is 2. The molecule has 218 valence electrons. The Balaban J connectivity index is 1.94. The highest BCUT2D eigenvalue weighted by Gasteiger charge is 2.50. The molecule has 2 saturated heterocycles. The van der Waals surface area contributed by atoms with Crippen LogP contribution in [0.5, 0.6) is 0 Å². The summed E-state index contributed by atoms with van der Waals surface area (Å²) < 4.78 is 30.2. The van der Waals surface area contributed by atoms with E-state index in [-0.39, 0.29) is 24.0 Å². The molecule has 0 spiro atoms. The predicted octanol–water partition coefficient (Wildman–Crippen LogP) is 3.88. The Kier molecular flexibility index (Phi) is 9.60. The number of fused-ring (bicyclic) bond motifs is 2. The molecule has 0 saturated carbocycles. The first kappa shape index (κ1) is 30.9. The van der Waals surface area contributed by atoms with Crippen molar-refractivity contribution < 1.29 is 43.5 Å². The van der Waals surface area contributed by atoms with Crippen LogP contribution in [-0.4, -0.2) is 70.7 Å². The number of rotatable bonds is 5. The van der Waals surface area contributed by atoms with Crippen LogP contribution in [0.1, 0.15) is 88.0 Å². The Morgan fingerprint density at radius 1 is 1.08 bits per heavy atom. The lowest BCUT2D eigenvalue weighted by molar-refractivity contribution is -0.263. The minimum atomic E-state index is -1.69. The number of esters is 1. The lowest BCUT2D eigenvalue weighted by atomic mass is 9.80. The van der Waals surface area contributed by atoms with Gasteiger partial charge in [0.2, 0.25) is 0 Å². The zero-order valence-electron chi connectivity index (χ0n) is 24.4. The van der Waals surface area contributed by atoms with Crippen LogP contribution in [0.3, 0.4) is 0 Å². The molecule has 38 heavy (non-hydrogen) atoms. The first-order valence-electron chi connectivity index (χ1n) is 14.0. The van der Waals surface area contributed by atoms with Gasteiger partial charge >= 0.3 is 5.97 Å². The number of ether oxygens (including phenoxy) is 5. The van der Waals surface area contributed by atoms with E-state index in [2.05, 4.69) is 0 Å². The summed E-state index contributed by atoms with van der Waals surface area (Å²) in [4.78, 5) is 24.4. The quantitative estimate of drug-likeness (QED) is 0.395. The molecule has 0 aliphatic carbocycles. The number of hydrogen-bond acceptors (Lipinski definition) is 9. The average Bonchev–Trinajstić information content (AvgIpc) is 3.14. The molecule has 9 heteroatoms. The molecular formula is C29H48O9. The Bertz CT molecular complexity index is 873. The first-order chi connectivity index (χ1) is 17.6. The molecule has 0 radical (unpaired) electrons. The van der Waals surface area contributed by atoms with Gasteiger partial charge in [-0.3, -0.25) is 9.59 Å². The van der Waals surface area contributed by atoms with Gasteiger partial charge in [0, 0.05) is 24.7 Å². The van der Waals surface area contributed by atoms with Crippen LogP contribution in [0.2, 0.25) is 0 Å². The molecule has 3 aliphatic heterocycles. The number of hydrogen-bond donors (Lipinski definition) is 2. The zero-order chi connectivity index (χ0) is 28.6. The van der Waals surface area contributed by atoms with Gasteiger partial charge in [0.05, 0.1) is 24.2 Å². The van der Waals surface area contributed by atoms with Crippen LogP contribution in [0.25, 0.3) is 0 Å². The van der Waals surface area contributed by atoms with E-state index in [0.29, 0.717) is 37.9 Å². The summed E-state index contributed by atoms with van der Waals surface area (Å²) in [7, 11) is 0. The summed E-state index contributed by atoms with van der Waals surface area (Å²) in [6.45, 7) is 17.3. The number of cyclic esters (lactones) is 1. The Labute approximate surface area is 227 Å². The van der Waals surface area contributed by atoms with Gasteiger partial charge in [-0.2, -0.15) is 0 Å². The van der Waals surface area contributed by atoms with E-state index in [1.165, 1.54) is 6.92 Å². The Morgan fingerprint density at radius 3 is 2.32 bits per heavy atom. The van der Waals surface area contributed by atoms with Crippen LogP contribution >= 0.6 is 0 Å². The van der Waals surface area contributed by atoms with E-state index in [9.17, 15) is 19.8 Å². The molecule has 0 aromatic heterocycles. The Hall–Kier alpha value is -1.68. The zero-order valence-corrected chi connectivity index (χ0v) is 24.4. The van der Waals surface area contributed by atoms with Crippen LogP contribution in [0, 0.1) is 23.7 Å². The number of aliphatic hydroxyl groups is 2. The van der Waals surface area contributed by atoms with Crippen molar-refractivity contribution in [2.45, 2.75) is 136 Å². The number of carbonyl (C=O) groups is 2. The minimum absolute atomic E-state index is 0.00825. The molecule has 9 nitrogen and oxygen atoms in total. The first-order valence-corrected chi connectivity index (χ1v) is 14.0. The summed E-state index contributed by atoms with van der Waals surface area (Å²) in [5.41, 5.74) is -1.21. The summed E-state index contributed by atoms with van der Waals surface area (Å²) in [6, 6.07) is 0. The van der Waals surface area contributed by atoms with E-state index in [0.717, 1.165) is 5.57 Å². The number of aliphatic hydroxyl groups excluding tert-OH is 1. The highest BCUT2D eigenvalue weighted by atomic mass is 16.7. The molecule has 6 unspecified atom stereocenters. The predicted molar refractivity (Wildman–Crippen MR) is 140 cm³/mol. The maximum atomic E-state index is 13.5. The third kappa shape index (κ3) is 6.21. The van der Waals surface area contributed by atoms with E-state index in [4.69, 9.17) is 23.7 Å². The molecular weight excluding hydrogens is 492 g/mol. The van der Waals surface area contributed by atoms with Gasteiger partial charge < -0.3 is 33.9 Å². The largest absolute Gasteiger partial charge is 0.491 e. The standard InChI is InChI=1S/C29H48O9/c1-10-21-29(9,33)26(31)18(5)24-17(4)13-28(8,38-24)12-16(3)23(19(6)27(32)36-21)37-22-11-15(2)25(34-14-30)20(7)35-22/h14-16,18-23,25-26,31,33H,10-13H2,1-9H3/t15?,16?,18-,19?,20?,21?,22-,23?,25+,26+,28+,29+/m0/s1. The summed E-state index contributed by atoms with van der Waals surface area (Å²) in [5, 5.41) is 22.7.